The Bertz CT molecular complexity index is 1770. The third-order valence-electron chi connectivity index (χ3n) is 8.09. The molecule has 0 spiro atoms. The maximum atomic E-state index is 13.9. The summed E-state index contributed by atoms with van der Waals surface area (Å²) in [5.41, 5.74) is 1.39. The van der Waals surface area contributed by atoms with Gasteiger partial charge in [-0.3, -0.25) is 4.98 Å². The predicted molar refractivity (Wildman–Crippen MR) is 161 cm³/mol. The van der Waals surface area contributed by atoms with Crippen LogP contribution in [0.5, 0.6) is 0 Å². The van der Waals surface area contributed by atoms with Gasteiger partial charge in [0.2, 0.25) is 0 Å². The maximum absolute atomic E-state index is 13.9. The fraction of sp³-hybridized carbons (Fsp3) is 0.281. The van der Waals surface area contributed by atoms with Crippen molar-refractivity contribution in [2.24, 2.45) is 0 Å². The molecule has 0 aliphatic carbocycles. The molecular weight excluding hydrogens is 610 g/mol. The van der Waals surface area contributed by atoms with Gasteiger partial charge < -0.3 is 10.6 Å². The molecule has 236 valence electrons. The normalized spacial score (nSPS) is 19.2. The summed E-state index contributed by atoms with van der Waals surface area (Å²) in [5, 5.41) is 6.06. The summed E-state index contributed by atoms with van der Waals surface area (Å²) in [4.78, 5) is 22.4. The second-order valence-corrected chi connectivity index (χ2v) is 13.1. The molecular formula is C32H32F4N5O3S+. The van der Waals surface area contributed by atoms with Crippen molar-refractivity contribution < 1.29 is 34.7 Å². The smallest absolute Gasteiger partial charge is 0.363 e. The van der Waals surface area contributed by atoms with Gasteiger partial charge in [-0.1, -0.05) is 18.2 Å². The molecule has 3 atom stereocenters. The number of carbonyl (C=O) groups excluding carboxylic acids is 1. The van der Waals surface area contributed by atoms with E-state index in [1.807, 2.05) is 13.0 Å². The van der Waals surface area contributed by atoms with E-state index in [2.05, 4.69) is 20.6 Å². The van der Waals surface area contributed by atoms with Crippen molar-refractivity contribution in [1.82, 2.24) is 15.3 Å². The standard InChI is InChI=1S/C32H31F4N5O3S/c1-21-5-4-16-41(21,45(43,44)28-13-11-27(33)12-14-28)31(42)38-19-23-17-29(24-7-9-26(10-8-24)32(34,35)36)40-30(18-23)39-22(2)25-6-3-15-37-20-25/h3,6-15,17-18,20-22H,4-5,16,19H2,1-2H3,(H-,38,39,40,42)/p+1/t21-,22?,41?/m1/s1. The van der Waals surface area contributed by atoms with Gasteiger partial charge in [0.05, 0.1) is 17.3 Å². The Balaban J connectivity index is 1.46. The van der Waals surface area contributed by atoms with Crippen LogP contribution in [0.3, 0.4) is 0 Å². The number of anilines is 1. The lowest BCUT2D eigenvalue weighted by atomic mass is 10.1. The van der Waals surface area contributed by atoms with E-state index in [-0.39, 0.29) is 24.0 Å². The van der Waals surface area contributed by atoms with Gasteiger partial charge >= 0.3 is 22.2 Å². The Hall–Kier alpha value is -4.36. The summed E-state index contributed by atoms with van der Waals surface area (Å²) < 4.78 is 80.0. The minimum atomic E-state index is -4.50. The molecule has 2 unspecified atom stereocenters. The van der Waals surface area contributed by atoms with Crippen molar-refractivity contribution in [3.63, 3.8) is 0 Å². The van der Waals surface area contributed by atoms with Crippen molar-refractivity contribution in [3.8, 4) is 11.3 Å². The molecule has 1 aliphatic heterocycles. The lowest BCUT2D eigenvalue weighted by molar-refractivity contribution is -0.733. The third-order valence-corrected chi connectivity index (χ3v) is 10.5. The zero-order valence-corrected chi connectivity index (χ0v) is 25.4. The van der Waals surface area contributed by atoms with Crippen LogP contribution in [0, 0.1) is 5.82 Å². The SMILES string of the molecule is CC(Nc1cc(CNC(=O)[N+]2(S(=O)(=O)c3ccc(F)cc3)CCC[C@H]2C)cc(-c2ccc(C(F)(F)F)cc2)n1)c1cccnc1. The molecule has 1 saturated heterocycles. The largest absolute Gasteiger partial charge is 0.432 e. The van der Waals surface area contributed by atoms with E-state index >= 15 is 0 Å². The average Bonchev–Trinajstić information content (AvgIpc) is 3.42. The summed E-state index contributed by atoms with van der Waals surface area (Å²) in [5.74, 6) is -0.200. The van der Waals surface area contributed by atoms with Crippen LogP contribution in [0.1, 0.15) is 49.4 Å². The minimum absolute atomic E-state index is 0.0509. The van der Waals surface area contributed by atoms with Crippen LogP contribution >= 0.6 is 0 Å². The van der Waals surface area contributed by atoms with Crippen LogP contribution in [0.4, 0.5) is 28.2 Å². The molecule has 1 aliphatic rings. The monoisotopic (exact) mass is 642 g/mol. The Kier molecular flexibility index (Phi) is 8.95. The molecule has 13 heteroatoms. The number of halogens is 4. The zero-order valence-electron chi connectivity index (χ0n) is 24.6. The van der Waals surface area contributed by atoms with Gasteiger partial charge in [-0.15, -0.1) is 3.89 Å². The van der Waals surface area contributed by atoms with Gasteiger partial charge in [-0.2, -0.15) is 21.6 Å². The lowest BCUT2D eigenvalue weighted by Gasteiger charge is -2.33. The van der Waals surface area contributed by atoms with E-state index in [0.29, 0.717) is 35.5 Å². The van der Waals surface area contributed by atoms with Crippen LogP contribution in [-0.4, -0.2) is 40.9 Å². The molecule has 2 aromatic carbocycles. The first-order valence-electron chi connectivity index (χ1n) is 14.3. The van der Waals surface area contributed by atoms with Gasteiger partial charge in [0.1, 0.15) is 29.1 Å². The van der Waals surface area contributed by atoms with Crippen molar-refractivity contribution in [1.29, 1.82) is 0 Å². The van der Waals surface area contributed by atoms with E-state index in [0.717, 1.165) is 42.0 Å². The number of sulfonamides is 1. The van der Waals surface area contributed by atoms with Crippen LogP contribution in [-0.2, 0) is 22.7 Å². The fourth-order valence-electron chi connectivity index (χ4n) is 5.60. The number of alkyl halides is 3. The number of amides is 2. The Morgan fingerprint density at radius 1 is 1.07 bits per heavy atom. The predicted octanol–water partition coefficient (Wildman–Crippen LogP) is 7.07. The van der Waals surface area contributed by atoms with Gasteiger partial charge in [-0.05, 0) is 79.6 Å². The van der Waals surface area contributed by atoms with Gasteiger partial charge in [0.15, 0.2) is 0 Å². The molecule has 5 rings (SSSR count). The van der Waals surface area contributed by atoms with Gasteiger partial charge in [0.25, 0.3) is 0 Å². The number of carbonyl (C=O) groups is 1. The number of urea groups is 1. The molecule has 4 aromatic rings. The topological polar surface area (TPSA) is 101 Å². The maximum Gasteiger partial charge on any atom is 0.432 e. The highest BCUT2D eigenvalue weighted by molar-refractivity contribution is 7.86. The number of nitrogens with one attached hydrogen (secondary N) is 2. The molecule has 2 amide bonds. The summed E-state index contributed by atoms with van der Waals surface area (Å²) >= 11 is 0. The Labute approximate surface area is 258 Å². The Morgan fingerprint density at radius 2 is 1.78 bits per heavy atom. The molecule has 0 radical (unpaired) electrons. The fourth-order valence-corrected chi connectivity index (χ4v) is 7.69. The van der Waals surface area contributed by atoms with Crippen LogP contribution in [0.2, 0.25) is 0 Å². The van der Waals surface area contributed by atoms with Crippen molar-refractivity contribution in [2.75, 3.05) is 11.9 Å². The second-order valence-electron chi connectivity index (χ2n) is 11.1. The number of hydrogen-bond donors (Lipinski definition) is 2. The second kappa shape index (κ2) is 12.6. The van der Waals surface area contributed by atoms with Gasteiger partial charge in [0, 0.05) is 37.3 Å². The first-order chi connectivity index (χ1) is 21.3. The van der Waals surface area contributed by atoms with Crippen LogP contribution < -0.4 is 10.6 Å². The van der Waals surface area contributed by atoms with Crippen LogP contribution in [0.15, 0.2) is 90.1 Å². The number of quaternary nitrogens is 1. The van der Waals surface area contributed by atoms with Crippen LogP contribution in [0.25, 0.3) is 11.3 Å². The van der Waals surface area contributed by atoms with E-state index in [1.54, 1.807) is 37.5 Å². The summed E-state index contributed by atoms with van der Waals surface area (Å²) in [6.07, 6.45) is -0.151. The van der Waals surface area contributed by atoms with E-state index < -0.39 is 43.5 Å². The molecule has 3 heterocycles. The minimum Gasteiger partial charge on any atom is -0.363 e. The number of nitrogens with zero attached hydrogens (tertiary/aromatic N) is 3. The van der Waals surface area contributed by atoms with Crippen molar-refractivity contribution >= 4 is 21.9 Å². The quantitative estimate of drug-likeness (QED) is 0.158. The molecule has 8 nitrogen and oxygen atoms in total. The summed E-state index contributed by atoms with van der Waals surface area (Å²) in [6.45, 7) is 3.56. The van der Waals surface area contributed by atoms with Gasteiger partial charge in [-0.25, -0.2) is 14.2 Å². The Morgan fingerprint density at radius 3 is 2.38 bits per heavy atom. The summed E-state index contributed by atoms with van der Waals surface area (Å²) in [6, 6.07) is 14.5. The van der Waals surface area contributed by atoms with Crippen molar-refractivity contribution in [2.45, 2.75) is 56.4 Å². The average molecular weight is 643 g/mol. The number of hydrogen-bond acceptors (Lipinski definition) is 6. The third kappa shape index (κ3) is 6.54. The van der Waals surface area contributed by atoms with E-state index in [1.165, 1.54) is 12.1 Å². The number of pyridine rings is 2. The highest BCUT2D eigenvalue weighted by atomic mass is 32.2. The number of rotatable bonds is 8. The summed E-state index contributed by atoms with van der Waals surface area (Å²) in [7, 11) is -4.26. The van der Waals surface area contributed by atoms with E-state index in [4.69, 9.17) is 0 Å². The first kappa shape index (κ1) is 32.0. The molecule has 2 N–H and O–H groups in total. The first-order valence-corrected chi connectivity index (χ1v) is 15.8. The number of benzene rings is 2. The molecule has 1 fully saturated rings. The molecule has 2 aromatic heterocycles. The highest BCUT2D eigenvalue weighted by Gasteiger charge is 2.56. The number of likely N-dealkylation sites (tertiary alicyclic amines) is 1. The molecule has 0 saturated carbocycles. The lowest BCUT2D eigenvalue weighted by Crippen LogP contribution is -2.62. The van der Waals surface area contributed by atoms with Crippen molar-refractivity contribution in [3.05, 3.63) is 108 Å². The molecule has 45 heavy (non-hydrogen) atoms. The van der Waals surface area contributed by atoms with E-state index in [9.17, 15) is 30.8 Å². The zero-order chi connectivity index (χ0) is 32.4. The highest BCUT2D eigenvalue weighted by Crippen LogP contribution is 2.36. The molecule has 0 bridgehead atoms. The number of aromatic nitrogens is 2.